The van der Waals surface area contributed by atoms with Crippen LogP contribution in [0.5, 0.6) is 0 Å². The number of benzene rings is 2. The van der Waals surface area contributed by atoms with Crippen LogP contribution in [0.25, 0.3) is 10.9 Å². The summed E-state index contributed by atoms with van der Waals surface area (Å²) in [4.78, 5) is 18.6. The maximum Gasteiger partial charge on any atom is 0.252 e. The third-order valence-electron chi connectivity index (χ3n) is 7.16. The fourth-order valence-electron chi connectivity index (χ4n) is 5.36. The van der Waals surface area contributed by atoms with Crippen LogP contribution in [-0.4, -0.2) is 42.8 Å². The molecule has 2 atom stereocenters. The Morgan fingerprint density at radius 2 is 2.00 bits per heavy atom. The fourth-order valence-corrected chi connectivity index (χ4v) is 5.55. The molecule has 2 aromatic heterocycles. The smallest absolute Gasteiger partial charge is 0.252 e. The van der Waals surface area contributed by atoms with Crippen LogP contribution in [0.2, 0.25) is 5.02 Å². The first kappa shape index (κ1) is 25.6. The molecule has 0 bridgehead atoms. The van der Waals surface area contributed by atoms with Gasteiger partial charge in [-0.3, -0.25) is 9.69 Å². The van der Waals surface area contributed by atoms with Crippen LogP contribution in [0.3, 0.4) is 0 Å². The summed E-state index contributed by atoms with van der Waals surface area (Å²) in [6.45, 7) is 8.59. The van der Waals surface area contributed by atoms with E-state index in [1.807, 2.05) is 41.9 Å². The summed E-state index contributed by atoms with van der Waals surface area (Å²) in [7, 11) is 0. The minimum Gasteiger partial charge on any atom is -0.376 e. The van der Waals surface area contributed by atoms with Gasteiger partial charge in [0.15, 0.2) is 5.82 Å². The number of hydrogen-bond acceptors (Lipinski definition) is 6. The van der Waals surface area contributed by atoms with Crippen LogP contribution >= 0.6 is 11.6 Å². The summed E-state index contributed by atoms with van der Waals surface area (Å²) < 4.78 is 7.71. The van der Waals surface area contributed by atoms with Gasteiger partial charge in [0, 0.05) is 30.3 Å². The number of hydrogen-bond donors (Lipinski definition) is 1. The predicted molar refractivity (Wildman–Crippen MR) is 145 cm³/mol. The molecule has 4 aromatic rings. The second-order valence-electron chi connectivity index (χ2n) is 9.94. The molecule has 1 saturated heterocycles. The van der Waals surface area contributed by atoms with Crippen LogP contribution in [0.15, 0.2) is 47.3 Å². The topological polar surface area (TPSA) is 88.9 Å². The van der Waals surface area contributed by atoms with Crippen LogP contribution in [0, 0.1) is 13.8 Å². The molecule has 1 aliphatic rings. The van der Waals surface area contributed by atoms with E-state index in [2.05, 4.69) is 51.4 Å². The first-order valence-corrected chi connectivity index (χ1v) is 13.3. The number of fused-ring (bicyclic) bond motifs is 1. The second-order valence-corrected chi connectivity index (χ2v) is 10.4. The van der Waals surface area contributed by atoms with E-state index in [9.17, 15) is 4.79 Å². The average Bonchev–Trinajstić information content (AvgIpc) is 3.55. The van der Waals surface area contributed by atoms with Crippen molar-refractivity contribution in [3.63, 3.8) is 0 Å². The van der Waals surface area contributed by atoms with Gasteiger partial charge in [-0.25, -0.2) is 4.68 Å². The van der Waals surface area contributed by atoms with E-state index in [0.717, 1.165) is 59.3 Å². The molecule has 0 aliphatic carbocycles. The fraction of sp³-hybridized carbons (Fsp3) is 0.429. The van der Waals surface area contributed by atoms with Crippen molar-refractivity contribution in [2.24, 2.45) is 0 Å². The summed E-state index contributed by atoms with van der Waals surface area (Å²) >= 11 is 6.58. The Balaban J connectivity index is 1.53. The van der Waals surface area contributed by atoms with E-state index in [0.29, 0.717) is 30.2 Å². The number of aromatic nitrogens is 5. The summed E-state index contributed by atoms with van der Waals surface area (Å²) in [5, 5.41) is 14.5. The van der Waals surface area contributed by atoms with E-state index in [4.69, 9.17) is 16.3 Å². The third kappa shape index (κ3) is 5.61. The maximum atomic E-state index is 13.2. The van der Waals surface area contributed by atoms with Gasteiger partial charge >= 0.3 is 0 Å². The average molecular weight is 521 g/mol. The number of aryl methyl sites for hydroxylation is 2. The minimum absolute atomic E-state index is 0.0857. The molecule has 0 unspecified atom stereocenters. The molecule has 0 spiro atoms. The molecule has 194 valence electrons. The summed E-state index contributed by atoms with van der Waals surface area (Å²) in [6, 6.07) is 13.9. The van der Waals surface area contributed by atoms with Crippen LogP contribution in [0.4, 0.5) is 0 Å². The van der Waals surface area contributed by atoms with Crippen molar-refractivity contribution in [2.75, 3.05) is 6.61 Å². The quantitative estimate of drug-likeness (QED) is 0.329. The highest BCUT2D eigenvalue weighted by Gasteiger charge is 2.28. The van der Waals surface area contributed by atoms with Gasteiger partial charge in [-0.2, -0.15) is 0 Å². The Hall–Kier alpha value is -3.07. The van der Waals surface area contributed by atoms with Crippen molar-refractivity contribution in [1.82, 2.24) is 30.1 Å². The Bertz CT molecular complexity index is 1440. The molecule has 5 rings (SSSR count). The van der Waals surface area contributed by atoms with E-state index in [1.165, 1.54) is 0 Å². The molecular formula is C28H33ClN6O2. The van der Waals surface area contributed by atoms with Gasteiger partial charge < -0.3 is 9.72 Å². The van der Waals surface area contributed by atoms with Crippen molar-refractivity contribution >= 4 is 22.5 Å². The molecular weight excluding hydrogens is 488 g/mol. The Morgan fingerprint density at radius 3 is 2.76 bits per heavy atom. The molecule has 0 radical (unpaired) electrons. The highest BCUT2D eigenvalue weighted by atomic mass is 35.5. The van der Waals surface area contributed by atoms with Gasteiger partial charge in [0.05, 0.1) is 24.2 Å². The molecule has 0 saturated carbocycles. The SMILES string of the molecule is CC[C@H](c1nnnn1C[C@@H]1CCCO1)N(Cc1ccccc1Cl)Cc1cc2cc(C)cc(C)c2[nH]c1=O. The summed E-state index contributed by atoms with van der Waals surface area (Å²) in [6.07, 6.45) is 2.94. The number of aromatic amines is 1. The van der Waals surface area contributed by atoms with Gasteiger partial charge in [0.25, 0.3) is 5.56 Å². The normalized spacial score (nSPS) is 16.6. The van der Waals surface area contributed by atoms with Gasteiger partial charge in [-0.1, -0.05) is 48.4 Å². The highest BCUT2D eigenvalue weighted by molar-refractivity contribution is 6.31. The number of H-pyrrole nitrogens is 1. The number of tetrazole rings is 1. The molecule has 37 heavy (non-hydrogen) atoms. The lowest BCUT2D eigenvalue weighted by atomic mass is 10.0. The molecule has 8 nitrogen and oxygen atoms in total. The summed E-state index contributed by atoms with van der Waals surface area (Å²) in [5.41, 5.74) is 4.70. The zero-order valence-electron chi connectivity index (χ0n) is 21.6. The number of nitrogens with zero attached hydrogens (tertiary/aromatic N) is 5. The molecule has 9 heteroatoms. The number of nitrogens with one attached hydrogen (secondary N) is 1. The van der Waals surface area contributed by atoms with Gasteiger partial charge in [0.2, 0.25) is 0 Å². The number of pyridine rings is 1. The van der Waals surface area contributed by atoms with Crippen molar-refractivity contribution in [3.05, 3.63) is 85.9 Å². The molecule has 1 fully saturated rings. The first-order chi connectivity index (χ1) is 17.9. The molecule has 2 aromatic carbocycles. The van der Waals surface area contributed by atoms with Gasteiger partial charge in [-0.05, 0) is 78.2 Å². The lowest BCUT2D eigenvalue weighted by Gasteiger charge is -2.31. The van der Waals surface area contributed by atoms with Crippen molar-refractivity contribution in [2.45, 2.75) is 71.8 Å². The highest BCUT2D eigenvalue weighted by Crippen LogP contribution is 2.29. The van der Waals surface area contributed by atoms with Crippen LogP contribution < -0.4 is 5.56 Å². The molecule has 1 N–H and O–H groups in total. The zero-order chi connectivity index (χ0) is 25.9. The van der Waals surface area contributed by atoms with Crippen molar-refractivity contribution < 1.29 is 4.74 Å². The molecule has 3 heterocycles. The molecule has 0 amide bonds. The summed E-state index contributed by atoms with van der Waals surface area (Å²) in [5.74, 6) is 0.772. The zero-order valence-corrected chi connectivity index (χ0v) is 22.3. The van der Waals surface area contributed by atoms with E-state index in [1.54, 1.807) is 0 Å². The third-order valence-corrected chi connectivity index (χ3v) is 7.53. The lowest BCUT2D eigenvalue weighted by Crippen LogP contribution is -2.33. The van der Waals surface area contributed by atoms with Crippen LogP contribution in [-0.2, 0) is 24.4 Å². The van der Waals surface area contributed by atoms with Gasteiger partial charge in [-0.15, -0.1) is 5.10 Å². The number of halogens is 1. The van der Waals surface area contributed by atoms with E-state index in [-0.39, 0.29) is 17.7 Å². The van der Waals surface area contributed by atoms with Crippen molar-refractivity contribution in [3.8, 4) is 0 Å². The standard InChI is InChI=1S/C28H33ClN6O2/c1-4-25(27-31-32-33-35(27)17-23-9-7-11-37-23)34(15-20-8-5-6-10-24(20)29)16-22-14-21-13-18(2)12-19(3)26(21)30-28(22)36/h5-6,8,10,12-14,23,25H,4,7,9,11,15-17H2,1-3H3,(H,30,36)/t23-,25+/m0/s1. The maximum absolute atomic E-state index is 13.2. The Kier molecular flexibility index (Phi) is 7.69. The second kappa shape index (κ2) is 11.1. The Labute approximate surface area is 221 Å². The molecule has 1 aliphatic heterocycles. The lowest BCUT2D eigenvalue weighted by molar-refractivity contribution is 0.0888. The minimum atomic E-state index is -0.123. The van der Waals surface area contributed by atoms with E-state index < -0.39 is 0 Å². The number of ether oxygens (including phenoxy) is 1. The van der Waals surface area contributed by atoms with Gasteiger partial charge in [0.1, 0.15) is 0 Å². The van der Waals surface area contributed by atoms with Crippen molar-refractivity contribution in [1.29, 1.82) is 0 Å². The van der Waals surface area contributed by atoms with E-state index >= 15 is 0 Å². The Morgan fingerprint density at radius 1 is 1.19 bits per heavy atom. The monoisotopic (exact) mass is 520 g/mol. The number of rotatable bonds is 9. The van der Waals surface area contributed by atoms with Crippen LogP contribution in [0.1, 0.15) is 60.3 Å². The largest absolute Gasteiger partial charge is 0.376 e. The first-order valence-electron chi connectivity index (χ1n) is 12.9. The predicted octanol–water partition coefficient (Wildman–Crippen LogP) is 5.12.